The van der Waals surface area contributed by atoms with E-state index in [2.05, 4.69) is 17.3 Å². The molecule has 3 fully saturated rings. The Hall–Kier alpha value is -2.90. The highest BCUT2D eigenvalue weighted by Crippen LogP contribution is 2.52. The van der Waals surface area contributed by atoms with Crippen LogP contribution in [0.15, 0.2) is 34.9 Å². The number of hydrogen-bond acceptors (Lipinski definition) is 6. The van der Waals surface area contributed by atoms with Gasteiger partial charge in [-0.25, -0.2) is 4.79 Å². The van der Waals surface area contributed by atoms with Crippen LogP contribution in [-0.2, 0) is 14.9 Å². The molecule has 3 saturated carbocycles. The fourth-order valence-electron chi connectivity index (χ4n) is 5.20. The molecule has 4 atom stereocenters. The van der Waals surface area contributed by atoms with Crippen LogP contribution >= 0.6 is 0 Å². The predicted molar refractivity (Wildman–Crippen MR) is 123 cm³/mol. The van der Waals surface area contributed by atoms with Gasteiger partial charge >= 0.3 is 12.1 Å². The van der Waals surface area contributed by atoms with Gasteiger partial charge in [-0.05, 0) is 64.9 Å². The summed E-state index contributed by atoms with van der Waals surface area (Å²) in [5.74, 6) is 0.353. The molecule has 3 aliphatic carbocycles. The number of carbonyl (C=O) groups is 2. The Bertz CT molecular complexity index is 1060. The predicted octanol–water partition coefficient (Wildman–Crippen LogP) is 4.86. The summed E-state index contributed by atoms with van der Waals surface area (Å²) in [6.07, 6.45) is 4.30. The zero-order valence-corrected chi connectivity index (χ0v) is 20.1. The SMILES string of the molecule is CC(C)(C)OC(=O)N(CC1(c2noc([C@@H]3CC[C@H](C(=O)O)C3)n2)CC1)[C@H]1CC1c1ccccc1. The number of carboxylic acid groups (broad SMARTS) is 1. The molecule has 1 amide bonds. The molecule has 8 nitrogen and oxygen atoms in total. The molecule has 0 radical (unpaired) electrons. The second-order valence-corrected chi connectivity index (χ2v) is 11.2. The number of aromatic nitrogens is 2. The number of ether oxygens (including phenoxy) is 1. The highest BCUT2D eigenvalue weighted by atomic mass is 16.6. The molecule has 1 heterocycles. The van der Waals surface area contributed by atoms with Gasteiger partial charge in [0.25, 0.3) is 0 Å². The standard InChI is InChI=1S/C26H33N3O5/c1-25(2,3)33-24(32)29(20-14-19(20)16-7-5-4-6-8-16)15-26(11-12-26)23-27-21(34-28-23)17-9-10-18(13-17)22(30)31/h4-8,17-20H,9-15H2,1-3H3,(H,30,31)/t17-,18+,19?,20+/m1/s1. The van der Waals surface area contributed by atoms with Crippen LogP contribution in [0.25, 0.3) is 0 Å². The van der Waals surface area contributed by atoms with Crippen molar-refractivity contribution in [1.82, 2.24) is 15.0 Å². The van der Waals surface area contributed by atoms with Crippen molar-refractivity contribution in [3.8, 4) is 0 Å². The molecule has 1 unspecified atom stereocenters. The van der Waals surface area contributed by atoms with Crippen LogP contribution in [0.5, 0.6) is 0 Å². The zero-order valence-electron chi connectivity index (χ0n) is 20.1. The van der Waals surface area contributed by atoms with Gasteiger partial charge in [0, 0.05) is 24.4 Å². The molecule has 0 saturated heterocycles. The van der Waals surface area contributed by atoms with E-state index in [9.17, 15) is 14.7 Å². The number of aliphatic carboxylic acids is 1. The first-order valence-electron chi connectivity index (χ1n) is 12.3. The normalized spacial score (nSPS) is 27.3. The highest BCUT2D eigenvalue weighted by Gasteiger charge is 2.55. The van der Waals surface area contributed by atoms with Gasteiger partial charge in [-0.15, -0.1) is 0 Å². The molecule has 182 valence electrons. The lowest BCUT2D eigenvalue weighted by Crippen LogP contribution is -2.43. The molecule has 2 aromatic rings. The van der Waals surface area contributed by atoms with Gasteiger partial charge in [0.05, 0.1) is 11.3 Å². The van der Waals surface area contributed by atoms with Crippen molar-refractivity contribution in [3.05, 3.63) is 47.6 Å². The summed E-state index contributed by atoms with van der Waals surface area (Å²) in [6, 6.07) is 10.4. The summed E-state index contributed by atoms with van der Waals surface area (Å²) < 4.78 is 11.4. The van der Waals surface area contributed by atoms with Crippen LogP contribution < -0.4 is 0 Å². The largest absolute Gasteiger partial charge is 0.481 e. The van der Waals surface area contributed by atoms with Crippen molar-refractivity contribution in [2.24, 2.45) is 5.92 Å². The van der Waals surface area contributed by atoms with Gasteiger partial charge in [-0.3, -0.25) is 4.79 Å². The lowest BCUT2D eigenvalue weighted by atomic mass is 10.0. The van der Waals surface area contributed by atoms with Gasteiger partial charge in [-0.1, -0.05) is 35.5 Å². The fourth-order valence-corrected chi connectivity index (χ4v) is 5.20. The van der Waals surface area contributed by atoms with Crippen molar-refractivity contribution in [1.29, 1.82) is 0 Å². The Morgan fingerprint density at radius 2 is 1.91 bits per heavy atom. The molecule has 0 aliphatic heterocycles. The van der Waals surface area contributed by atoms with Crippen LogP contribution in [0.2, 0.25) is 0 Å². The van der Waals surface area contributed by atoms with E-state index in [4.69, 9.17) is 14.2 Å². The highest BCUT2D eigenvalue weighted by molar-refractivity contribution is 5.70. The number of hydrogen-bond donors (Lipinski definition) is 1. The Kier molecular flexibility index (Phi) is 5.65. The first-order valence-corrected chi connectivity index (χ1v) is 12.3. The molecule has 3 aliphatic rings. The van der Waals surface area contributed by atoms with Gasteiger partial charge < -0.3 is 19.3 Å². The molecule has 8 heteroatoms. The van der Waals surface area contributed by atoms with E-state index >= 15 is 0 Å². The number of carboxylic acids is 1. The van der Waals surface area contributed by atoms with Crippen molar-refractivity contribution in [2.45, 2.75) is 88.2 Å². The summed E-state index contributed by atoms with van der Waals surface area (Å²) in [4.78, 5) is 31.2. The van der Waals surface area contributed by atoms with E-state index in [1.54, 1.807) is 0 Å². The third kappa shape index (κ3) is 4.68. The van der Waals surface area contributed by atoms with E-state index in [-0.39, 0.29) is 29.4 Å². The molecule has 0 spiro atoms. The van der Waals surface area contributed by atoms with Crippen molar-refractivity contribution < 1.29 is 24.0 Å². The van der Waals surface area contributed by atoms with Crippen LogP contribution in [0.3, 0.4) is 0 Å². The maximum absolute atomic E-state index is 13.3. The van der Waals surface area contributed by atoms with Crippen molar-refractivity contribution in [2.75, 3.05) is 6.54 Å². The molecule has 1 aromatic heterocycles. The monoisotopic (exact) mass is 467 g/mol. The van der Waals surface area contributed by atoms with E-state index < -0.39 is 11.6 Å². The van der Waals surface area contributed by atoms with Crippen molar-refractivity contribution >= 4 is 12.1 Å². The summed E-state index contributed by atoms with van der Waals surface area (Å²) >= 11 is 0. The van der Waals surface area contributed by atoms with Crippen LogP contribution in [0.1, 0.15) is 88.4 Å². The topological polar surface area (TPSA) is 106 Å². The summed E-state index contributed by atoms with van der Waals surface area (Å²) in [5, 5.41) is 13.6. The minimum Gasteiger partial charge on any atom is -0.481 e. The number of benzene rings is 1. The average molecular weight is 468 g/mol. The number of amides is 1. The fraction of sp³-hybridized carbons (Fsp3) is 0.615. The van der Waals surface area contributed by atoms with E-state index in [0.717, 1.165) is 25.7 Å². The maximum Gasteiger partial charge on any atom is 0.410 e. The van der Waals surface area contributed by atoms with Gasteiger partial charge in [0.1, 0.15) is 5.60 Å². The van der Waals surface area contributed by atoms with Crippen molar-refractivity contribution in [3.63, 3.8) is 0 Å². The molecular weight excluding hydrogens is 434 g/mol. The molecule has 1 aromatic carbocycles. The lowest BCUT2D eigenvalue weighted by molar-refractivity contribution is -0.141. The van der Waals surface area contributed by atoms with Gasteiger partial charge in [0.15, 0.2) is 5.82 Å². The molecule has 0 bridgehead atoms. The number of nitrogens with zero attached hydrogens (tertiary/aromatic N) is 3. The van der Waals surface area contributed by atoms with E-state index in [0.29, 0.717) is 37.0 Å². The molecule has 34 heavy (non-hydrogen) atoms. The Morgan fingerprint density at radius 3 is 2.53 bits per heavy atom. The summed E-state index contributed by atoms with van der Waals surface area (Å²) in [5.41, 5.74) is 0.334. The minimum absolute atomic E-state index is 0.00833. The second-order valence-electron chi connectivity index (χ2n) is 11.2. The zero-order chi connectivity index (χ0) is 24.1. The first-order chi connectivity index (χ1) is 16.2. The quantitative estimate of drug-likeness (QED) is 0.620. The molecule has 5 rings (SSSR count). The Morgan fingerprint density at radius 1 is 1.18 bits per heavy atom. The van der Waals surface area contributed by atoms with Gasteiger partial charge in [0.2, 0.25) is 5.89 Å². The lowest BCUT2D eigenvalue weighted by Gasteiger charge is -2.30. The average Bonchev–Trinajstić information content (AvgIpc) is 3.62. The molecular formula is C26H33N3O5. The summed E-state index contributed by atoms with van der Waals surface area (Å²) in [6.45, 7) is 6.15. The van der Waals surface area contributed by atoms with E-state index in [1.165, 1.54) is 5.56 Å². The Labute approximate surface area is 199 Å². The van der Waals surface area contributed by atoms with Crippen LogP contribution in [-0.4, -0.2) is 50.4 Å². The smallest absolute Gasteiger partial charge is 0.410 e. The number of rotatable bonds is 7. The first kappa shape index (κ1) is 22.9. The van der Waals surface area contributed by atoms with Gasteiger partial charge in [-0.2, -0.15) is 4.98 Å². The summed E-state index contributed by atoms with van der Waals surface area (Å²) in [7, 11) is 0. The third-order valence-electron chi connectivity index (χ3n) is 7.39. The third-order valence-corrected chi connectivity index (χ3v) is 7.39. The maximum atomic E-state index is 13.3. The van der Waals surface area contributed by atoms with Crippen LogP contribution in [0.4, 0.5) is 4.79 Å². The van der Waals surface area contributed by atoms with Crippen LogP contribution in [0, 0.1) is 5.92 Å². The second kappa shape index (κ2) is 8.40. The van der Waals surface area contributed by atoms with E-state index in [1.807, 2.05) is 43.9 Å². The number of carbonyl (C=O) groups excluding carboxylic acids is 1. The molecule has 1 N–H and O–H groups in total. The minimum atomic E-state index is -0.758. The Balaban J connectivity index is 1.33.